The van der Waals surface area contributed by atoms with E-state index < -0.39 is 0 Å². The fraction of sp³-hybridized carbons (Fsp3) is 0.778. The van der Waals surface area contributed by atoms with Crippen LogP contribution in [0.15, 0.2) is 0 Å². The Morgan fingerprint density at radius 3 is 3.00 bits per heavy atom. The van der Waals surface area contributed by atoms with Crippen molar-refractivity contribution < 1.29 is 9.53 Å². The highest BCUT2D eigenvalue weighted by Crippen LogP contribution is 2.33. The molecule has 1 aromatic rings. The van der Waals surface area contributed by atoms with Crippen LogP contribution in [0.1, 0.15) is 24.6 Å². The van der Waals surface area contributed by atoms with Crippen molar-refractivity contribution in [1.82, 2.24) is 20.2 Å². The van der Waals surface area contributed by atoms with Crippen LogP contribution in [0.3, 0.4) is 0 Å². The molecule has 0 radical (unpaired) electrons. The number of aromatic nitrogens is 4. The van der Waals surface area contributed by atoms with E-state index in [4.69, 9.17) is 4.74 Å². The summed E-state index contributed by atoms with van der Waals surface area (Å²) in [6.45, 7) is 0.632. The zero-order valence-electron chi connectivity index (χ0n) is 8.88. The normalized spacial score (nSPS) is 26.1. The van der Waals surface area contributed by atoms with E-state index in [2.05, 4.69) is 15.5 Å². The summed E-state index contributed by atoms with van der Waals surface area (Å²) in [7, 11) is 3.41. The number of rotatable bonds is 3. The van der Waals surface area contributed by atoms with Gasteiger partial charge in [-0.1, -0.05) is 0 Å². The smallest absolute Gasteiger partial charge is 0.161 e. The Labute approximate surface area is 87.6 Å². The third kappa shape index (κ3) is 1.90. The van der Waals surface area contributed by atoms with Crippen molar-refractivity contribution >= 4 is 5.78 Å². The second kappa shape index (κ2) is 4.06. The zero-order chi connectivity index (χ0) is 10.8. The topological polar surface area (TPSA) is 69.9 Å². The van der Waals surface area contributed by atoms with Gasteiger partial charge in [0.2, 0.25) is 0 Å². The van der Waals surface area contributed by atoms with Crippen LogP contribution in [0.5, 0.6) is 0 Å². The lowest BCUT2D eigenvalue weighted by atomic mass is 10.0. The van der Waals surface area contributed by atoms with Crippen LogP contribution < -0.4 is 0 Å². The van der Waals surface area contributed by atoms with Crippen molar-refractivity contribution in [2.24, 2.45) is 13.0 Å². The molecule has 0 N–H and O–H groups in total. The molecule has 1 fully saturated rings. The highest BCUT2D eigenvalue weighted by molar-refractivity contribution is 5.87. The number of ketones is 1. The van der Waals surface area contributed by atoms with Gasteiger partial charge in [-0.3, -0.25) is 4.79 Å². The second-order valence-electron chi connectivity index (χ2n) is 3.94. The van der Waals surface area contributed by atoms with Gasteiger partial charge in [0.05, 0.1) is 5.92 Å². The fourth-order valence-electron chi connectivity index (χ4n) is 2.12. The van der Waals surface area contributed by atoms with Crippen molar-refractivity contribution in [3.8, 4) is 0 Å². The molecule has 2 rings (SSSR count). The molecule has 82 valence electrons. The maximum Gasteiger partial charge on any atom is 0.161 e. The Balaban J connectivity index is 2.12. The van der Waals surface area contributed by atoms with Crippen LogP contribution >= 0.6 is 0 Å². The van der Waals surface area contributed by atoms with Gasteiger partial charge in [-0.2, -0.15) is 0 Å². The van der Waals surface area contributed by atoms with E-state index in [-0.39, 0.29) is 11.7 Å². The summed E-state index contributed by atoms with van der Waals surface area (Å²) in [5, 5.41) is 11.2. The molecule has 0 bridgehead atoms. The molecule has 1 aliphatic rings. The first-order chi connectivity index (χ1) is 7.22. The van der Waals surface area contributed by atoms with E-state index in [9.17, 15) is 4.79 Å². The maximum atomic E-state index is 11.7. The van der Waals surface area contributed by atoms with E-state index in [1.54, 1.807) is 18.8 Å². The average Bonchev–Trinajstić information content (AvgIpc) is 2.73. The van der Waals surface area contributed by atoms with Crippen molar-refractivity contribution in [1.29, 1.82) is 0 Å². The fourth-order valence-corrected chi connectivity index (χ4v) is 2.12. The summed E-state index contributed by atoms with van der Waals surface area (Å²) in [5.74, 6) is 1.04. The number of Topliss-reactive ketones (excluding diaryl/α,β-unsaturated/α-hetero) is 1. The first-order valence-electron chi connectivity index (χ1n) is 4.96. The minimum absolute atomic E-state index is 0.148. The van der Waals surface area contributed by atoms with Gasteiger partial charge in [-0.05, 0) is 22.8 Å². The van der Waals surface area contributed by atoms with Gasteiger partial charge < -0.3 is 4.74 Å². The third-order valence-electron chi connectivity index (χ3n) is 2.81. The molecule has 0 aromatic carbocycles. The van der Waals surface area contributed by atoms with Crippen LogP contribution in [0.25, 0.3) is 0 Å². The van der Waals surface area contributed by atoms with Crippen LogP contribution in [0, 0.1) is 5.92 Å². The van der Waals surface area contributed by atoms with Gasteiger partial charge in [-0.15, -0.1) is 5.10 Å². The number of methoxy groups -OCH3 is 1. The van der Waals surface area contributed by atoms with Crippen LogP contribution in [0.2, 0.25) is 0 Å². The zero-order valence-corrected chi connectivity index (χ0v) is 8.88. The molecule has 1 heterocycles. The Bertz CT molecular complexity index is 363. The van der Waals surface area contributed by atoms with E-state index in [0.717, 1.165) is 6.42 Å². The number of carbonyl (C=O) groups is 1. The summed E-state index contributed by atoms with van der Waals surface area (Å²) >= 11 is 0. The lowest BCUT2D eigenvalue weighted by Crippen LogP contribution is -2.11. The van der Waals surface area contributed by atoms with Crippen LogP contribution in [0.4, 0.5) is 0 Å². The summed E-state index contributed by atoms with van der Waals surface area (Å²) in [4.78, 5) is 11.7. The number of hydrogen-bond acceptors (Lipinski definition) is 5. The first-order valence-corrected chi connectivity index (χ1v) is 4.96. The highest BCUT2D eigenvalue weighted by atomic mass is 16.5. The molecule has 0 aliphatic heterocycles. The van der Waals surface area contributed by atoms with Gasteiger partial charge in [0, 0.05) is 27.2 Å². The van der Waals surface area contributed by atoms with Crippen LogP contribution in [-0.4, -0.2) is 39.7 Å². The number of tetrazole rings is 1. The predicted octanol–water partition coefficient (Wildman–Crippen LogP) is -0.0808. The molecular weight excluding hydrogens is 196 g/mol. The molecule has 6 heteroatoms. The van der Waals surface area contributed by atoms with Crippen molar-refractivity contribution in [2.45, 2.75) is 18.8 Å². The van der Waals surface area contributed by atoms with E-state index in [0.29, 0.717) is 24.8 Å². The molecule has 0 spiro atoms. The lowest BCUT2D eigenvalue weighted by Gasteiger charge is -2.07. The summed E-state index contributed by atoms with van der Waals surface area (Å²) in [5.41, 5.74) is 0. The minimum Gasteiger partial charge on any atom is -0.384 e. The molecule has 1 aliphatic carbocycles. The molecule has 0 amide bonds. The van der Waals surface area contributed by atoms with Gasteiger partial charge in [0.15, 0.2) is 5.82 Å². The summed E-state index contributed by atoms with van der Waals surface area (Å²) in [6.07, 6.45) is 1.37. The number of ether oxygens (including phenoxy) is 1. The van der Waals surface area contributed by atoms with E-state index in [1.807, 2.05) is 0 Å². The maximum absolute atomic E-state index is 11.7. The number of carbonyl (C=O) groups excluding carboxylic acids is 1. The van der Waals surface area contributed by atoms with Crippen molar-refractivity contribution in [3.63, 3.8) is 0 Å². The quantitative estimate of drug-likeness (QED) is 0.697. The lowest BCUT2D eigenvalue weighted by molar-refractivity contribution is -0.119. The van der Waals surface area contributed by atoms with Crippen molar-refractivity contribution in [3.05, 3.63) is 5.82 Å². The predicted molar refractivity (Wildman–Crippen MR) is 51.1 cm³/mol. The number of nitrogens with zero attached hydrogens (tertiary/aromatic N) is 4. The summed E-state index contributed by atoms with van der Waals surface area (Å²) < 4.78 is 6.63. The monoisotopic (exact) mass is 210 g/mol. The third-order valence-corrected chi connectivity index (χ3v) is 2.81. The number of aryl methyl sites for hydroxylation is 1. The standard InChI is InChI=1S/C9H14N4O2/c1-13-9(10-11-12-13)7-3-6(5-15-2)4-8(7)14/h6-7H,3-5H2,1-2H3. The Kier molecular flexibility index (Phi) is 2.77. The Hall–Kier alpha value is -1.30. The first kappa shape index (κ1) is 10.2. The van der Waals surface area contributed by atoms with E-state index in [1.165, 1.54) is 0 Å². The average molecular weight is 210 g/mol. The molecule has 2 atom stereocenters. The minimum atomic E-state index is -0.148. The summed E-state index contributed by atoms with van der Waals surface area (Å²) in [6, 6.07) is 0. The molecular formula is C9H14N4O2. The van der Waals surface area contributed by atoms with Gasteiger partial charge >= 0.3 is 0 Å². The number of hydrogen-bond donors (Lipinski definition) is 0. The molecule has 1 saturated carbocycles. The van der Waals surface area contributed by atoms with Gasteiger partial charge in [0.25, 0.3) is 0 Å². The van der Waals surface area contributed by atoms with Crippen LogP contribution in [-0.2, 0) is 16.6 Å². The molecule has 15 heavy (non-hydrogen) atoms. The molecule has 2 unspecified atom stereocenters. The largest absolute Gasteiger partial charge is 0.384 e. The van der Waals surface area contributed by atoms with Gasteiger partial charge in [0.1, 0.15) is 5.78 Å². The molecule has 0 saturated heterocycles. The van der Waals surface area contributed by atoms with Crippen molar-refractivity contribution in [2.75, 3.05) is 13.7 Å². The Morgan fingerprint density at radius 1 is 1.60 bits per heavy atom. The highest BCUT2D eigenvalue weighted by Gasteiger charge is 2.36. The van der Waals surface area contributed by atoms with E-state index >= 15 is 0 Å². The van der Waals surface area contributed by atoms with Gasteiger partial charge in [-0.25, -0.2) is 4.68 Å². The SMILES string of the molecule is COCC1CC(=O)C(c2nnnn2C)C1. The Morgan fingerprint density at radius 2 is 2.40 bits per heavy atom. The molecule has 1 aromatic heterocycles. The molecule has 6 nitrogen and oxygen atoms in total. The second-order valence-corrected chi connectivity index (χ2v) is 3.94.